The van der Waals surface area contributed by atoms with Gasteiger partial charge in [-0.25, -0.2) is 26.9 Å². The van der Waals surface area contributed by atoms with E-state index < -0.39 is 26.6 Å². The Hall–Kier alpha value is -3.86. The Morgan fingerprint density at radius 3 is 2.35 bits per heavy atom. The van der Waals surface area contributed by atoms with Gasteiger partial charge in [-0.05, 0) is 49.4 Å². The molecule has 0 spiro atoms. The summed E-state index contributed by atoms with van der Waals surface area (Å²) in [6.07, 6.45) is 3.35. The number of hydrogen-bond acceptors (Lipinski definition) is 6. The van der Waals surface area contributed by atoms with Gasteiger partial charge in [-0.2, -0.15) is 10.1 Å². The first kappa shape index (κ1) is 20.4. The second-order valence-electron chi connectivity index (χ2n) is 6.40. The topological polar surface area (TPSA) is 99.0 Å². The van der Waals surface area contributed by atoms with Crippen LogP contribution in [0.3, 0.4) is 0 Å². The zero-order valence-corrected chi connectivity index (χ0v) is 16.8. The van der Waals surface area contributed by atoms with E-state index in [1.165, 1.54) is 24.3 Å². The maximum atomic E-state index is 13.3. The summed E-state index contributed by atoms with van der Waals surface area (Å²) in [6.45, 7) is 1.72. The van der Waals surface area contributed by atoms with Crippen molar-refractivity contribution < 1.29 is 21.9 Å². The molecule has 8 nitrogen and oxygen atoms in total. The summed E-state index contributed by atoms with van der Waals surface area (Å²) in [7, 11) is -4.17. The first-order chi connectivity index (χ1) is 14.8. The van der Waals surface area contributed by atoms with E-state index in [1.807, 2.05) is 0 Å². The number of aromatic nitrogens is 4. The zero-order chi connectivity index (χ0) is 22.0. The number of hydrogen-bond donors (Lipinski definition) is 1. The van der Waals surface area contributed by atoms with Crippen LogP contribution in [0.2, 0.25) is 0 Å². The van der Waals surface area contributed by atoms with Gasteiger partial charge in [0.2, 0.25) is 5.88 Å². The number of aryl methyl sites for hydroxylation is 1. The quantitative estimate of drug-likeness (QED) is 0.486. The van der Waals surface area contributed by atoms with Gasteiger partial charge in [0.15, 0.2) is 5.82 Å². The SMILES string of the molecule is Cc1nc(Oc2ccc(NS(=O)(=O)c3cc(F)cc(F)c3)cc2)cc(-n2cccn2)n1. The normalized spacial score (nSPS) is 11.3. The van der Waals surface area contributed by atoms with Crippen LogP contribution in [0.15, 0.2) is 71.9 Å². The highest BCUT2D eigenvalue weighted by atomic mass is 32.2. The zero-order valence-electron chi connectivity index (χ0n) is 16.0. The lowest BCUT2D eigenvalue weighted by atomic mass is 10.3. The van der Waals surface area contributed by atoms with Gasteiger partial charge in [0.1, 0.15) is 23.2 Å². The molecule has 11 heteroatoms. The number of ether oxygens (including phenoxy) is 1. The van der Waals surface area contributed by atoms with Crippen LogP contribution in [0.4, 0.5) is 14.5 Å². The predicted molar refractivity (Wildman–Crippen MR) is 108 cm³/mol. The molecule has 158 valence electrons. The summed E-state index contributed by atoms with van der Waals surface area (Å²) in [5, 5.41) is 4.12. The molecule has 2 heterocycles. The van der Waals surface area contributed by atoms with E-state index in [9.17, 15) is 17.2 Å². The Morgan fingerprint density at radius 2 is 1.71 bits per heavy atom. The molecule has 2 aromatic carbocycles. The van der Waals surface area contributed by atoms with Crippen molar-refractivity contribution in [1.29, 1.82) is 0 Å². The van der Waals surface area contributed by atoms with Gasteiger partial charge in [0.25, 0.3) is 10.0 Å². The molecule has 0 saturated carbocycles. The molecule has 0 radical (unpaired) electrons. The largest absolute Gasteiger partial charge is 0.439 e. The van der Waals surface area contributed by atoms with Crippen LogP contribution in [0, 0.1) is 18.6 Å². The number of nitrogens with one attached hydrogen (secondary N) is 1. The molecule has 0 aliphatic rings. The highest BCUT2D eigenvalue weighted by Gasteiger charge is 2.17. The third kappa shape index (κ3) is 4.83. The molecule has 0 aliphatic carbocycles. The van der Waals surface area contributed by atoms with Crippen LogP contribution < -0.4 is 9.46 Å². The molecule has 0 atom stereocenters. The van der Waals surface area contributed by atoms with E-state index in [2.05, 4.69) is 19.8 Å². The highest BCUT2D eigenvalue weighted by Crippen LogP contribution is 2.24. The Bertz CT molecular complexity index is 1310. The maximum Gasteiger partial charge on any atom is 0.262 e. The van der Waals surface area contributed by atoms with E-state index in [1.54, 1.807) is 36.1 Å². The van der Waals surface area contributed by atoms with Crippen LogP contribution in [0.1, 0.15) is 5.82 Å². The van der Waals surface area contributed by atoms with Gasteiger partial charge >= 0.3 is 0 Å². The van der Waals surface area contributed by atoms with Crippen molar-refractivity contribution in [2.24, 2.45) is 0 Å². The third-order valence-corrected chi connectivity index (χ3v) is 5.38. The standard InChI is InChI=1S/C20H15F2N5O3S/c1-13-24-19(27-8-2-7-23-27)12-20(25-13)30-17-5-3-16(4-6-17)26-31(28,29)18-10-14(21)9-15(22)11-18/h2-12,26H,1H3. The summed E-state index contributed by atoms with van der Waals surface area (Å²) >= 11 is 0. The van der Waals surface area contributed by atoms with Crippen molar-refractivity contribution in [1.82, 2.24) is 19.7 Å². The number of halogens is 2. The lowest BCUT2D eigenvalue weighted by Crippen LogP contribution is -2.13. The van der Waals surface area contributed by atoms with Gasteiger partial charge in [-0.15, -0.1) is 0 Å². The van der Waals surface area contributed by atoms with Gasteiger partial charge in [-0.3, -0.25) is 4.72 Å². The highest BCUT2D eigenvalue weighted by molar-refractivity contribution is 7.92. The number of anilines is 1. The monoisotopic (exact) mass is 443 g/mol. The van der Waals surface area contributed by atoms with Gasteiger partial charge < -0.3 is 4.74 Å². The number of rotatable bonds is 6. The molecular formula is C20H15F2N5O3S. The molecule has 0 amide bonds. The summed E-state index contributed by atoms with van der Waals surface area (Å²) < 4.78 is 61.0. The Labute approximate surface area is 176 Å². The molecule has 0 bridgehead atoms. The van der Waals surface area contributed by atoms with Crippen molar-refractivity contribution in [2.75, 3.05) is 4.72 Å². The summed E-state index contributed by atoms with van der Waals surface area (Å²) in [5.74, 6) is -0.294. The van der Waals surface area contributed by atoms with E-state index >= 15 is 0 Å². The second-order valence-corrected chi connectivity index (χ2v) is 8.08. The fourth-order valence-electron chi connectivity index (χ4n) is 2.71. The number of benzene rings is 2. The van der Waals surface area contributed by atoms with Gasteiger partial charge in [0.05, 0.1) is 4.90 Å². The Kier molecular flexibility index (Phi) is 5.34. The predicted octanol–water partition coefficient (Wildman–Crippen LogP) is 3.84. The first-order valence-electron chi connectivity index (χ1n) is 8.91. The van der Waals surface area contributed by atoms with Crippen molar-refractivity contribution in [3.8, 4) is 17.4 Å². The summed E-state index contributed by atoms with van der Waals surface area (Å²) in [6, 6.07) is 11.4. The molecule has 0 fully saturated rings. The molecule has 4 aromatic rings. The van der Waals surface area contributed by atoms with Crippen molar-refractivity contribution in [3.63, 3.8) is 0 Å². The minimum absolute atomic E-state index is 0.188. The van der Waals surface area contributed by atoms with E-state index in [0.29, 0.717) is 23.5 Å². The lowest BCUT2D eigenvalue weighted by molar-refractivity contribution is 0.459. The van der Waals surface area contributed by atoms with Crippen LogP contribution in [-0.4, -0.2) is 28.2 Å². The Balaban J connectivity index is 1.51. The van der Waals surface area contributed by atoms with E-state index in [-0.39, 0.29) is 11.6 Å². The van der Waals surface area contributed by atoms with Crippen LogP contribution in [0.25, 0.3) is 5.82 Å². The van der Waals surface area contributed by atoms with Crippen molar-refractivity contribution in [3.05, 3.63) is 84.4 Å². The molecule has 2 aromatic heterocycles. The Morgan fingerprint density at radius 1 is 1.00 bits per heavy atom. The first-order valence-corrected chi connectivity index (χ1v) is 10.4. The fourth-order valence-corrected chi connectivity index (χ4v) is 3.81. The van der Waals surface area contributed by atoms with Gasteiger partial charge in [0, 0.05) is 30.2 Å². The molecule has 31 heavy (non-hydrogen) atoms. The van der Waals surface area contributed by atoms with Crippen LogP contribution >= 0.6 is 0 Å². The molecule has 0 saturated heterocycles. The van der Waals surface area contributed by atoms with Crippen molar-refractivity contribution in [2.45, 2.75) is 11.8 Å². The average molecular weight is 443 g/mol. The van der Waals surface area contributed by atoms with E-state index in [4.69, 9.17) is 4.74 Å². The van der Waals surface area contributed by atoms with Crippen molar-refractivity contribution >= 4 is 15.7 Å². The number of nitrogens with zero attached hydrogens (tertiary/aromatic N) is 4. The molecular weight excluding hydrogens is 428 g/mol. The third-order valence-electron chi connectivity index (χ3n) is 4.02. The minimum atomic E-state index is -4.17. The fraction of sp³-hybridized carbons (Fsp3) is 0.0500. The maximum absolute atomic E-state index is 13.3. The molecule has 1 N–H and O–H groups in total. The molecule has 0 unspecified atom stereocenters. The number of sulfonamides is 1. The smallest absolute Gasteiger partial charge is 0.262 e. The second kappa shape index (κ2) is 8.11. The van der Waals surface area contributed by atoms with Crippen LogP contribution in [0.5, 0.6) is 11.6 Å². The summed E-state index contributed by atoms with van der Waals surface area (Å²) in [4.78, 5) is 7.99. The molecule has 4 rings (SSSR count). The average Bonchev–Trinajstić information content (AvgIpc) is 3.23. The minimum Gasteiger partial charge on any atom is -0.439 e. The van der Waals surface area contributed by atoms with Gasteiger partial charge in [-0.1, -0.05) is 0 Å². The van der Waals surface area contributed by atoms with E-state index in [0.717, 1.165) is 12.1 Å². The molecule has 0 aliphatic heterocycles. The lowest BCUT2D eigenvalue weighted by Gasteiger charge is -2.10. The van der Waals surface area contributed by atoms with Crippen LogP contribution in [-0.2, 0) is 10.0 Å². The summed E-state index contributed by atoms with van der Waals surface area (Å²) in [5.41, 5.74) is 0.188.